The number of halogens is 1. The molecule has 120 valence electrons. The van der Waals surface area contributed by atoms with Crippen LogP contribution in [0.2, 0.25) is 0 Å². The summed E-state index contributed by atoms with van der Waals surface area (Å²) in [5.41, 5.74) is 3.32. The zero-order chi connectivity index (χ0) is 16.9. The molecule has 0 radical (unpaired) electrons. The molecule has 3 aromatic rings. The summed E-state index contributed by atoms with van der Waals surface area (Å²) in [7, 11) is 0. The molecule has 3 rings (SSSR count). The SMILES string of the molecule is Cc1ccc(C(=O)NCc2cccnc2-c2cccnc2)cc1F. The summed E-state index contributed by atoms with van der Waals surface area (Å²) in [6, 6.07) is 11.9. The van der Waals surface area contributed by atoms with Gasteiger partial charge in [-0.05, 0) is 48.4 Å². The highest BCUT2D eigenvalue weighted by molar-refractivity contribution is 5.94. The number of aromatic nitrogens is 2. The lowest BCUT2D eigenvalue weighted by molar-refractivity contribution is 0.0950. The normalized spacial score (nSPS) is 10.4. The number of nitrogens with zero attached hydrogens (tertiary/aromatic N) is 2. The van der Waals surface area contributed by atoms with Crippen LogP contribution in [0, 0.1) is 12.7 Å². The first-order valence-corrected chi connectivity index (χ1v) is 7.54. The highest BCUT2D eigenvalue weighted by atomic mass is 19.1. The Labute approximate surface area is 139 Å². The van der Waals surface area contributed by atoms with Crippen molar-refractivity contribution in [3.8, 4) is 11.3 Å². The van der Waals surface area contributed by atoms with Crippen LogP contribution in [0.3, 0.4) is 0 Å². The largest absolute Gasteiger partial charge is 0.348 e. The molecule has 24 heavy (non-hydrogen) atoms. The maximum absolute atomic E-state index is 13.6. The van der Waals surface area contributed by atoms with Crippen LogP contribution in [0.5, 0.6) is 0 Å². The summed E-state index contributed by atoms with van der Waals surface area (Å²) in [5.74, 6) is -0.713. The van der Waals surface area contributed by atoms with Crippen LogP contribution in [-0.4, -0.2) is 15.9 Å². The molecule has 1 amide bonds. The Kier molecular flexibility index (Phi) is 4.61. The van der Waals surface area contributed by atoms with E-state index in [1.165, 1.54) is 6.07 Å². The van der Waals surface area contributed by atoms with E-state index in [9.17, 15) is 9.18 Å². The van der Waals surface area contributed by atoms with Crippen molar-refractivity contribution >= 4 is 5.91 Å². The van der Waals surface area contributed by atoms with Crippen LogP contribution in [0.4, 0.5) is 4.39 Å². The van der Waals surface area contributed by atoms with Crippen molar-refractivity contribution in [2.24, 2.45) is 0 Å². The second kappa shape index (κ2) is 7.00. The average molecular weight is 321 g/mol. The van der Waals surface area contributed by atoms with Gasteiger partial charge in [-0.1, -0.05) is 12.1 Å². The zero-order valence-corrected chi connectivity index (χ0v) is 13.2. The molecule has 0 bridgehead atoms. The molecule has 2 aromatic heterocycles. The number of benzene rings is 1. The summed E-state index contributed by atoms with van der Waals surface area (Å²) >= 11 is 0. The molecular formula is C19H16FN3O. The summed E-state index contributed by atoms with van der Waals surface area (Å²) in [5, 5.41) is 2.81. The smallest absolute Gasteiger partial charge is 0.251 e. The fourth-order valence-corrected chi connectivity index (χ4v) is 2.36. The molecule has 1 N–H and O–H groups in total. The first-order chi connectivity index (χ1) is 11.6. The molecule has 4 nitrogen and oxygen atoms in total. The Balaban J connectivity index is 1.77. The number of carbonyl (C=O) groups is 1. The lowest BCUT2D eigenvalue weighted by atomic mass is 10.1. The molecule has 5 heteroatoms. The summed E-state index contributed by atoms with van der Waals surface area (Å²) in [6.07, 6.45) is 5.12. The molecule has 0 fully saturated rings. The Bertz CT molecular complexity index is 865. The van der Waals surface area contributed by atoms with E-state index in [4.69, 9.17) is 0 Å². The third kappa shape index (κ3) is 3.46. The highest BCUT2D eigenvalue weighted by Crippen LogP contribution is 2.20. The number of hydrogen-bond acceptors (Lipinski definition) is 3. The van der Waals surface area contributed by atoms with E-state index in [-0.39, 0.29) is 11.7 Å². The predicted octanol–water partition coefficient (Wildman–Crippen LogP) is 3.52. The van der Waals surface area contributed by atoms with Gasteiger partial charge in [-0.25, -0.2) is 4.39 Å². The Morgan fingerprint density at radius 1 is 1.17 bits per heavy atom. The van der Waals surface area contributed by atoms with Gasteiger partial charge in [0, 0.05) is 36.3 Å². The Hall–Kier alpha value is -3.08. The van der Waals surface area contributed by atoms with Gasteiger partial charge in [-0.3, -0.25) is 14.8 Å². The van der Waals surface area contributed by atoms with Gasteiger partial charge in [-0.15, -0.1) is 0 Å². The van der Waals surface area contributed by atoms with E-state index in [2.05, 4.69) is 15.3 Å². The number of carbonyl (C=O) groups excluding carboxylic acids is 1. The van der Waals surface area contributed by atoms with E-state index < -0.39 is 0 Å². The highest BCUT2D eigenvalue weighted by Gasteiger charge is 2.10. The lowest BCUT2D eigenvalue weighted by Crippen LogP contribution is -2.23. The van der Waals surface area contributed by atoms with Crippen LogP contribution < -0.4 is 5.32 Å². The maximum Gasteiger partial charge on any atom is 0.251 e. The third-order valence-corrected chi connectivity index (χ3v) is 3.70. The van der Waals surface area contributed by atoms with Crippen LogP contribution >= 0.6 is 0 Å². The molecule has 0 aliphatic carbocycles. The lowest BCUT2D eigenvalue weighted by Gasteiger charge is -2.10. The van der Waals surface area contributed by atoms with Crippen molar-refractivity contribution in [3.63, 3.8) is 0 Å². The fourth-order valence-electron chi connectivity index (χ4n) is 2.36. The second-order valence-corrected chi connectivity index (χ2v) is 5.40. The van der Waals surface area contributed by atoms with E-state index >= 15 is 0 Å². The molecule has 0 aliphatic heterocycles. The summed E-state index contributed by atoms with van der Waals surface area (Å²) in [4.78, 5) is 20.7. The van der Waals surface area contributed by atoms with Crippen molar-refractivity contribution in [1.82, 2.24) is 15.3 Å². The first-order valence-electron chi connectivity index (χ1n) is 7.54. The van der Waals surface area contributed by atoms with Gasteiger partial charge in [0.15, 0.2) is 0 Å². The Morgan fingerprint density at radius 2 is 2.00 bits per heavy atom. The van der Waals surface area contributed by atoms with Gasteiger partial charge < -0.3 is 5.32 Å². The summed E-state index contributed by atoms with van der Waals surface area (Å²) < 4.78 is 13.6. The molecule has 2 heterocycles. The number of rotatable bonds is 4. The van der Waals surface area contributed by atoms with Gasteiger partial charge in [-0.2, -0.15) is 0 Å². The van der Waals surface area contributed by atoms with Crippen LogP contribution in [-0.2, 0) is 6.54 Å². The number of hydrogen-bond donors (Lipinski definition) is 1. The second-order valence-electron chi connectivity index (χ2n) is 5.40. The molecule has 1 aromatic carbocycles. The monoisotopic (exact) mass is 321 g/mol. The maximum atomic E-state index is 13.6. The van der Waals surface area contributed by atoms with Crippen LogP contribution in [0.15, 0.2) is 61.1 Å². The van der Waals surface area contributed by atoms with E-state index in [0.717, 1.165) is 16.8 Å². The van der Waals surface area contributed by atoms with Gasteiger partial charge >= 0.3 is 0 Å². The van der Waals surface area contributed by atoms with Gasteiger partial charge in [0.1, 0.15) is 5.82 Å². The van der Waals surface area contributed by atoms with Crippen LogP contribution in [0.1, 0.15) is 21.5 Å². The molecule has 0 aliphatic rings. The zero-order valence-electron chi connectivity index (χ0n) is 13.2. The minimum atomic E-state index is -0.389. The van der Waals surface area contributed by atoms with Crippen molar-refractivity contribution < 1.29 is 9.18 Å². The molecule has 0 atom stereocenters. The molecule has 0 spiro atoms. The fraction of sp³-hybridized carbons (Fsp3) is 0.105. The topological polar surface area (TPSA) is 54.9 Å². The third-order valence-electron chi connectivity index (χ3n) is 3.70. The van der Waals surface area contributed by atoms with Crippen molar-refractivity contribution in [2.45, 2.75) is 13.5 Å². The van der Waals surface area contributed by atoms with Crippen molar-refractivity contribution in [2.75, 3.05) is 0 Å². The number of pyridine rings is 2. The van der Waals surface area contributed by atoms with Gasteiger partial charge in [0.05, 0.1) is 5.69 Å². The molecule has 0 saturated carbocycles. The van der Waals surface area contributed by atoms with E-state index in [1.54, 1.807) is 37.6 Å². The van der Waals surface area contributed by atoms with Gasteiger partial charge in [0.25, 0.3) is 5.91 Å². The average Bonchev–Trinajstić information content (AvgIpc) is 2.63. The minimum absolute atomic E-state index is 0.296. The standard InChI is InChI=1S/C19H16FN3O/c1-13-6-7-14(10-17(13)20)19(24)23-12-16-5-3-9-22-18(16)15-4-2-8-21-11-15/h2-11H,12H2,1H3,(H,23,24). The minimum Gasteiger partial charge on any atom is -0.348 e. The van der Waals surface area contributed by atoms with Gasteiger partial charge in [0.2, 0.25) is 0 Å². The predicted molar refractivity (Wildman–Crippen MR) is 89.8 cm³/mol. The first kappa shape index (κ1) is 15.8. The number of aryl methyl sites for hydroxylation is 1. The number of amides is 1. The van der Waals surface area contributed by atoms with Crippen molar-refractivity contribution in [3.05, 3.63) is 83.6 Å². The van der Waals surface area contributed by atoms with E-state index in [1.807, 2.05) is 24.3 Å². The quantitative estimate of drug-likeness (QED) is 0.800. The summed E-state index contributed by atoms with van der Waals surface area (Å²) in [6.45, 7) is 1.96. The van der Waals surface area contributed by atoms with Crippen molar-refractivity contribution in [1.29, 1.82) is 0 Å². The van der Waals surface area contributed by atoms with Crippen LogP contribution in [0.25, 0.3) is 11.3 Å². The number of nitrogens with one attached hydrogen (secondary N) is 1. The molecule has 0 unspecified atom stereocenters. The Morgan fingerprint density at radius 3 is 2.75 bits per heavy atom. The molecule has 0 saturated heterocycles. The van der Waals surface area contributed by atoms with E-state index in [0.29, 0.717) is 17.7 Å². The molecular weight excluding hydrogens is 305 g/mol.